The van der Waals surface area contributed by atoms with Crippen LogP contribution in [0.1, 0.15) is 32.3 Å². The number of hydrogen-bond acceptors (Lipinski definition) is 6. The monoisotopic (exact) mass is 388 g/mol. The molecule has 0 radical (unpaired) electrons. The average Bonchev–Trinajstić information content (AvgIpc) is 2.67. The van der Waals surface area contributed by atoms with Crippen LogP contribution in [0.2, 0.25) is 0 Å². The Bertz CT molecular complexity index is 767. The molecule has 1 aliphatic rings. The molecule has 1 fully saturated rings. The summed E-state index contributed by atoms with van der Waals surface area (Å²) in [7, 11) is -0.954. The molecule has 2 N–H and O–H groups in total. The van der Waals surface area contributed by atoms with E-state index < -0.39 is 10.8 Å². The van der Waals surface area contributed by atoms with E-state index in [1.54, 1.807) is 12.5 Å². The predicted octanol–water partition coefficient (Wildman–Crippen LogP) is 3.44. The van der Waals surface area contributed by atoms with Crippen LogP contribution in [0, 0.1) is 5.92 Å². The molecule has 1 aromatic heterocycles. The van der Waals surface area contributed by atoms with Crippen LogP contribution in [0.4, 0.5) is 11.8 Å². The largest absolute Gasteiger partial charge is 0.376 e. The quantitative estimate of drug-likeness (QED) is 0.757. The Morgan fingerprint density at radius 3 is 2.74 bits per heavy atom. The zero-order chi connectivity index (χ0) is 19.2. The van der Waals surface area contributed by atoms with Gasteiger partial charge in [-0.2, -0.15) is 4.98 Å². The number of ether oxygens (including phenoxy) is 1. The third kappa shape index (κ3) is 5.49. The van der Waals surface area contributed by atoms with Gasteiger partial charge in [-0.05, 0) is 42.5 Å². The van der Waals surface area contributed by atoms with Crippen LogP contribution in [0.3, 0.4) is 0 Å². The van der Waals surface area contributed by atoms with Gasteiger partial charge in [0.2, 0.25) is 5.95 Å². The maximum Gasteiger partial charge on any atom is 0.224 e. The van der Waals surface area contributed by atoms with Crippen molar-refractivity contribution in [1.82, 2.24) is 9.97 Å². The van der Waals surface area contributed by atoms with E-state index in [2.05, 4.69) is 34.4 Å². The first kappa shape index (κ1) is 19.8. The van der Waals surface area contributed by atoms with E-state index in [-0.39, 0.29) is 12.1 Å². The lowest BCUT2D eigenvalue weighted by molar-refractivity contribution is -0.0203. The van der Waals surface area contributed by atoms with Crippen molar-refractivity contribution in [3.8, 4) is 0 Å². The topological polar surface area (TPSA) is 76.1 Å². The lowest BCUT2D eigenvalue weighted by Gasteiger charge is -2.35. The van der Waals surface area contributed by atoms with Gasteiger partial charge >= 0.3 is 0 Å². The Labute approximate surface area is 163 Å². The summed E-state index contributed by atoms with van der Waals surface area (Å²) >= 11 is 0. The standard InChI is InChI=1S/C20H28N4O2S/c1-14(2)19-17(5-4-12-26-19)23-18-10-11-21-20(24-18)22-13-15-6-8-16(9-7-15)27(3)25/h6-11,14,17,19H,4-5,12-13H2,1-3H3,(H2,21,22,23,24)/t17-,19-,27-/m0/s1. The third-order valence-corrected chi connectivity index (χ3v) is 5.65. The molecule has 1 aromatic carbocycles. The normalized spacial score (nSPS) is 21.0. The zero-order valence-electron chi connectivity index (χ0n) is 16.1. The molecule has 6 nitrogen and oxygen atoms in total. The highest BCUT2D eigenvalue weighted by molar-refractivity contribution is 7.84. The molecule has 0 amide bonds. The fourth-order valence-electron chi connectivity index (χ4n) is 3.31. The number of rotatable bonds is 7. The van der Waals surface area contributed by atoms with E-state index in [1.807, 2.05) is 30.3 Å². The summed E-state index contributed by atoms with van der Waals surface area (Å²) < 4.78 is 17.4. The number of hydrogen-bond donors (Lipinski definition) is 2. The molecule has 2 aromatic rings. The fraction of sp³-hybridized carbons (Fsp3) is 0.500. The van der Waals surface area contributed by atoms with Crippen molar-refractivity contribution in [1.29, 1.82) is 0 Å². The molecule has 0 aliphatic carbocycles. The van der Waals surface area contributed by atoms with Crippen molar-refractivity contribution in [2.75, 3.05) is 23.5 Å². The first-order valence-electron chi connectivity index (χ1n) is 9.40. The lowest BCUT2D eigenvalue weighted by atomic mass is 9.94. The molecule has 0 bridgehead atoms. The van der Waals surface area contributed by atoms with Crippen LogP contribution in [0.25, 0.3) is 0 Å². The summed E-state index contributed by atoms with van der Waals surface area (Å²) in [5, 5.41) is 6.77. The first-order chi connectivity index (χ1) is 13.0. The number of aromatic nitrogens is 2. The maximum atomic E-state index is 11.5. The van der Waals surface area contributed by atoms with Crippen LogP contribution in [0.5, 0.6) is 0 Å². The highest BCUT2D eigenvalue weighted by Gasteiger charge is 2.28. The van der Waals surface area contributed by atoms with Crippen LogP contribution in [-0.4, -0.2) is 39.2 Å². The highest BCUT2D eigenvalue weighted by atomic mass is 32.2. The van der Waals surface area contributed by atoms with Crippen molar-refractivity contribution < 1.29 is 8.95 Å². The van der Waals surface area contributed by atoms with Gasteiger partial charge in [0.1, 0.15) is 5.82 Å². The molecule has 1 saturated heterocycles. The maximum absolute atomic E-state index is 11.5. The summed E-state index contributed by atoms with van der Waals surface area (Å²) in [6.07, 6.45) is 5.79. The van der Waals surface area contributed by atoms with Crippen molar-refractivity contribution in [3.05, 3.63) is 42.1 Å². The summed E-state index contributed by atoms with van der Waals surface area (Å²) in [4.78, 5) is 9.72. The van der Waals surface area contributed by atoms with Crippen molar-refractivity contribution in [2.45, 2.75) is 50.3 Å². The number of anilines is 2. The van der Waals surface area contributed by atoms with E-state index in [1.165, 1.54) is 0 Å². The Kier molecular flexibility index (Phi) is 6.79. The molecule has 3 rings (SSSR count). The molecule has 0 spiro atoms. The second-order valence-corrected chi connectivity index (χ2v) is 8.57. The van der Waals surface area contributed by atoms with Crippen LogP contribution >= 0.6 is 0 Å². The zero-order valence-corrected chi connectivity index (χ0v) is 17.0. The molecular formula is C20H28N4O2S. The molecule has 0 saturated carbocycles. The minimum absolute atomic E-state index is 0.202. The van der Waals surface area contributed by atoms with E-state index in [4.69, 9.17) is 4.74 Å². The van der Waals surface area contributed by atoms with Gasteiger partial charge < -0.3 is 15.4 Å². The summed E-state index contributed by atoms with van der Waals surface area (Å²) in [6, 6.07) is 9.88. The van der Waals surface area contributed by atoms with Crippen LogP contribution < -0.4 is 10.6 Å². The van der Waals surface area contributed by atoms with E-state index in [0.717, 1.165) is 35.7 Å². The van der Waals surface area contributed by atoms with Gasteiger partial charge in [-0.3, -0.25) is 4.21 Å². The van der Waals surface area contributed by atoms with Crippen molar-refractivity contribution >= 4 is 22.6 Å². The number of benzene rings is 1. The molecule has 27 heavy (non-hydrogen) atoms. The molecule has 0 unspecified atom stereocenters. The smallest absolute Gasteiger partial charge is 0.224 e. The van der Waals surface area contributed by atoms with E-state index >= 15 is 0 Å². The Balaban J connectivity index is 1.60. The van der Waals surface area contributed by atoms with E-state index in [9.17, 15) is 4.21 Å². The van der Waals surface area contributed by atoms with Crippen molar-refractivity contribution in [2.24, 2.45) is 5.92 Å². The summed E-state index contributed by atoms with van der Waals surface area (Å²) in [6.45, 7) is 5.83. The van der Waals surface area contributed by atoms with Gasteiger partial charge in [0, 0.05) is 41.3 Å². The molecule has 1 aliphatic heterocycles. The Morgan fingerprint density at radius 1 is 1.26 bits per heavy atom. The molecule has 7 heteroatoms. The fourth-order valence-corrected chi connectivity index (χ4v) is 3.83. The molecule has 3 atom stereocenters. The second-order valence-electron chi connectivity index (χ2n) is 7.19. The number of nitrogens with zero attached hydrogens (tertiary/aromatic N) is 2. The SMILES string of the molecule is CC(C)[C@@H]1OCCC[C@@H]1Nc1ccnc(NCc2ccc([S@](C)=O)cc2)n1. The highest BCUT2D eigenvalue weighted by Crippen LogP contribution is 2.23. The van der Waals surface area contributed by atoms with Crippen LogP contribution in [0.15, 0.2) is 41.4 Å². The third-order valence-electron chi connectivity index (χ3n) is 4.72. The molecule has 2 heterocycles. The Hall–Kier alpha value is -1.99. The Morgan fingerprint density at radius 2 is 2.04 bits per heavy atom. The van der Waals surface area contributed by atoms with Crippen molar-refractivity contribution in [3.63, 3.8) is 0 Å². The lowest BCUT2D eigenvalue weighted by Crippen LogP contribution is -2.43. The molecule has 146 valence electrons. The first-order valence-corrected chi connectivity index (χ1v) is 11.0. The van der Waals surface area contributed by atoms with E-state index in [0.29, 0.717) is 18.4 Å². The van der Waals surface area contributed by atoms with Gasteiger partial charge in [-0.15, -0.1) is 0 Å². The minimum Gasteiger partial charge on any atom is -0.376 e. The van der Waals surface area contributed by atoms with Gasteiger partial charge in [-0.1, -0.05) is 26.0 Å². The summed E-state index contributed by atoms with van der Waals surface area (Å²) in [5.74, 6) is 1.86. The predicted molar refractivity (Wildman–Crippen MR) is 109 cm³/mol. The van der Waals surface area contributed by atoms with Gasteiger partial charge in [0.15, 0.2) is 0 Å². The average molecular weight is 389 g/mol. The molecular weight excluding hydrogens is 360 g/mol. The van der Waals surface area contributed by atoms with Crippen LogP contribution in [-0.2, 0) is 22.1 Å². The van der Waals surface area contributed by atoms with Gasteiger partial charge in [0.05, 0.1) is 12.1 Å². The second kappa shape index (κ2) is 9.28. The summed E-state index contributed by atoms with van der Waals surface area (Å²) in [5.41, 5.74) is 1.09. The number of nitrogens with one attached hydrogen (secondary N) is 2. The van der Waals surface area contributed by atoms with Gasteiger partial charge in [-0.25, -0.2) is 4.98 Å². The van der Waals surface area contributed by atoms with Gasteiger partial charge in [0.25, 0.3) is 0 Å². The minimum atomic E-state index is -0.954.